The molecule has 10 aromatic carbocycles. The van der Waals surface area contributed by atoms with Gasteiger partial charge in [0.15, 0.2) is 0 Å². The molecule has 1 nitrogen and oxygen atoms in total. The van der Waals surface area contributed by atoms with E-state index < -0.39 is 5.41 Å². The first-order valence-corrected chi connectivity index (χ1v) is 28.8. The molecule has 0 radical (unpaired) electrons. The maximum absolute atomic E-state index is 2.68. The molecule has 5 aliphatic rings. The van der Waals surface area contributed by atoms with E-state index in [2.05, 4.69) is 250 Å². The van der Waals surface area contributed by atoms with Crippen molar-refractivity contribution in [3.8, 4) is 44.5 Å². The van der Waals surface area contributed by atoms with Crippen LogP contribution < -0.4 is 4.90 Å². The van der Waals surface area contributed by atoms with Crippen molar-refractivity contribution in [2.45, 2.75) is 69.1 Å². The van der Waals surface area contributed by atoms with Crippen LogP contribution in [-0.2, 0) is 16.2 Å². The standard InChI is InChI=1S/C74H59NS/c1-46-42-48-18-16-19-49(43-46)73(48)64-30-13-14-31-65(64)74(62-28-11-7-23-56(62)57-24-8-12-29-63(57)74)68-45-52(39-41-66(68)73)75(51-38-40-58-55-22-6-10-27-61(55)72(2,3)67(58)44-51)50-36-34-47(35-37-50)53-20-4-5-21-54(53)59-26-17-33-70-71(59)60-25-9-15-32-69(60)76-70/h4-15,17,20-41,44-46,48-49H,16,18-19,42-43H2,1-3H3/t46-,48-,49+,73?. The molecule has 2 fully saturated rings. The molecule has 76 heavy (non-hydrogen) atoms. The van der Waals surface area contributed by atoms with Gasteiger partial charge in [0, 0.05) is 48.1 Å². The second-order valence-corrected chi connectivity index (χ2v) is 24.6. The third-order valence-electron chi connectivity index (χ3n) is 19.5. The van der Waals surface area contributed by atoms with Crippen molar-refractivity contribution >= 4 is 48.6 Å². The molecule has 366 valence electrons. The first-order valence-electron chi connectivity index (χ1n) is 27.9. The van der Waals surface area contributed by atoms with Crippen LogP contribution >= 0.6 is 11.3 Å². The van der Waals surface area contributed by atoms with Gasteiger partial charge >= 0.3 is 0 Å². The zero-order valence-electron chi connectivity index (χ0n) is 43.5. The van der Waals surface area contributed by atoms with E-state index in [1.807, 2.05) is 11.3 Å². The quantitative estimate of drug-likeness (QED) is 0.166. The Morgan fingerprint density at radius 1 is 0.395 bits per heavy atom. The van der Waals surface area contributed by atoms with Crippen molar-refractivity contribution in [2.24, 2.45) is 17.8 Å². The predicted octanol–water partition coefficient (Wildman–Crippen LogP) is 20.0. The number of hydrogen-bond donors (Lipinski definition) is 0. The van der Waals surface area contributed by atoms with Gasteiger partial charge in [0.05, 0.1) is 5.41 Å². The second-order valence-electron chi connectivity index (χ2n) is 23.5. The van der Waals surface area contributed by atoms with Gasteiger partial charge in [0.2, 0.25) is 0 Å². The maximum Gasteiger partial charge on any atom is 0.0720 e. The fourth-order valence-corrected chi connectivity index (χ4v) is 17.7. The third-order valence-corrected chi connectivity index (χ3v) is 20.6. The van der Waals surface area contributed by atoms with Gasteiger partial charge in [-0.25, -0.2) is 0 Å². The molecule has 11 aromatic rings. The van der Waals surface area contributed by atoms with Gasteiger partial charge in [0.25, 0.3) is 0 Å². The summed E-state index contributed by atoms with van der Waals surface area (Å²) in [5, 5.41) is 2.67. The minimum absolute atomic E-state index is 0.0597. The molecule has 2 spiro atoms. The van der Waals surface area contributed by atoms with Gasteiger partial charge in [0.1, 0.15) is 0 Å². The molecule has 2 bridgehead atoms. The number of hydrogen-bond acceptors (Lipinski definition) is 2. The highest BCUT2D eigenvalue weighted by Crippen LogP contribution is 2.69. The SMILES string of the molecule is C[C@@H]1C[C@H]2CCC[C@@H](C1)C21c2ccccc2C2(c3ccccc3-c3ccccc32)c2cc(N(c3ccc(-c4ccccc4-c4cccc5sc6ccccc6c45)cc3)c3ccc4c(c3)C(C)(C)c3ccccc3-4)ccc21. The van der Waals surface area contributed by atoms with E-state index in [4.69, 9.17) is 0 Å². The average Bonchev–Trinajstić information content (AvgIpc) is 4.14. The van der Waals surface area contributed by atoms with E-state index in [0.717, 1.165) is 11.6 Å². The van der Waals surface area contributed by atoms with E-state index in [-0.39, 0.29) is 10.8 Å². The number of benzene rings is 10. The molecular weight excluding hydrogens is 935 g/mol. The third kappa shape index (κ3) is 5.92. The molecule has 2 heteroatoms. The Morgan fingerprint density at radius 3 is 1.61 bits per heavy atom. The summed E-state index contributed by atoms with van der Waals surface area (Å²) in [4.78, 5) is 2.59. The summed E-state index contributed by atoms with van der Waals surface area (Å²) in [5.41, 5.74) is 24.9. The van der Waals surface area contributed by atoms with E-state index >= 15 is 0 Å². The number of rotatable bonds is 5. The van der Waals surface area contributed by atoms with Crippen molar-refractivity contribution in [1.82, 2.24) is 0 Å². The summed E-state index contributed by atoms with van der Waals surface area (Å²) in [6.45, 7) is 7.35. The molecule has 2 saturated carbocycles. The van der Waals surface area contributed by atoms with E-state index in [1.165, 1.54) is 142 Å². The molecule has 4 atom stereocenters. The van der Waals surface area contributed by atoms with Gasteiger partial charge < -0.3 is 4.90 Å². The van der Waals surface area contributed by atoms with Crippen LogP contribution in [0.25, 0.3) is 64.7 Å². The number of thiophene rings is 1. The van der Waals surface area contributed by atoms with Crippen LogP contribution in [0.1, 0.15) is 97.4 Å². The van der Waals surface area contributed by atoms with E-state index in [9.17, 15) is 0 Å². The maximum atomic E-state index is 2.68. The fraction of sp³-hybridized carbons (Fsp3) is 0.189. The summed E-state index contributed by atoms with van der Waals surface area (Å²) in [5.74, 6) is 1.90. The van der Waals surface area contributed by atoms with Crippen LogP contribution in [-0.4, -0.2) is 0 Å². The van der Waals surface area contributed by atoms with Gasteiger partial charge in [-0.05, 0) is 181 Å². The van der Waals surface area contributed by atoms with E-state index in [0.29, 0.717) is 11.8 Å². The van der Waals surface area contributed by atoms with Gasteiger partial charge in [-0.3, -0.25) is 0 Å². The minimum Gasteiger partial charge on any atom is -0.310 e. The first kappa shape index (κ1) is 44.5. The van der Waals surface area contributed by atoms with Crippen molar-refractivity contribution in [3.05, 3.63) is 269 Å². The summed E-state index contributed by atoms with van der Waals surface area (Å²) in [7, 11) is 0. The monoisotopic (exact) mass is 993 g/mol. The Bertz CT molecular complexity index is 4130. The Labute approximate surface area is 451 Å². The summed E-state index contributed by atoms with van der Waals surface area (Å²) in [6, 6.07) is 87.0. The zero-order chi connectivity index (χ0) is 50.5. The van der Waals surface area contributed by atoms with Crippen LogP contribution in [0.4, 0.5) is 17.1 Å². The normalized spacial score (nSPS) is 20.7. The Morgan fingerprint density at radius 2 is 0.895 bits per heavy atom. The molecular formula is C74H59NS. The summed E-state index contributed by atoms with van der Waals surface area (Å²) >= 11 is 1.89. The highest BCUT2D eigenvalue weighted by atomic mass is 32.1. The Hall–Kier alpha value is -7.78. The molecule has 0 saturated heterocycles. The lowest BCUT2D eigenvalue weighted by molar-refractivity contribution is 0.0495. The lowest BCUT2D eigenvalue weighted by atomic mass is 9.42. The highest BCUT2D eigenvalue weighted by Gasteiger charge is 2.62. The van der Waals surface area contributed by atoms with Crippen molar-refractivity contribution in [1.29, 1.82) is 0 Å². The van der Waals surface area contributed by atoms with Crippen LogP contribution in [0.2, 0.25) is 0 Å². The Kier molecular flexibility index (Phi) is 9.58. The second kappa shape index (κ2) is 16.4. The molecule has 1 aromatic heterocycles. The molecule has 16 rings (SSSR count). The first-order chi connectivity index (χ1) is 37.3. The largest absolute Gasteiger partial charge is 0.310 e. The van der Waals surface area contributed by atoms with Crippen LogP contribution in [0, 0.1) is 17.8 Å². The fourth-order valence-electron chi connectivity index (χ4n) is 16.6. The van der Waals surface area contributed by atoms with E-state index in [1.54, 1.807) is 11.1 Å². The van der Waals surface area contributed by atoms with Crippen molar-refractivity contribution in [3.63, 3.8) is 0 Å². The highest BCUT2D eigenvalue weighted by molar-refractivity contribution is 7.25. The van der Waals surface area contributed by atoms with Crippen LogP contribution in [0.5, 0.6) is 0 Å². The van der Waals surface area contributed by atoms with Crippen molar-refractivity contribution < 1.29 is 0 Å². The molecule has 5 aliphatic carbocycles. The van der Waals surface area contributed by atoms with Gasteiger partial charge in [-0.1, -0.05) is 203 Å². The van der Waals surface area contributed by atoms with Gasteiger partial charge in [-0.2, -0.15) is 0 Å². The number of anilines is 3. The topological polar surface area (TPSA) is 3.24 Å². The summed E-state index contributed by atoms with van der Waals surface area (Å²) in [6.07, 6.45) is 6.44. The lowest BCUT2D eigenvalue weighted by Gasteiger charge is -2.60. The summed E-state index contributed by atoms with van der Waals surface area (Å²) < 4.78 is 2.66. The molecule has 0 N–H and O–H groups in total. The van der Waals surface area contributed by atoms with Crippen LogP contribution in [0.15, 0.2) is 224 Å². The van der Waals surface area contributed by atoms with Crippen LogP contribution in [0.3, 0.4) is 0 Å². The Balaban J connectivity index is 0.935. The molecule has 0 amide bonds. The van der Waals surface area contributed by atoms with Crippen molar-refractivity contribution in [2.75, 3.05) is 4.90 Å². The molecule has 1 heterocycles. The predicted molar refractivity (Wildman–Crippen MR) is 320 cm³/mol. The number of nitrogens with zero attached hydrogens (tertiary/aromatic N) is 1. The zero-order valence-corrected chi connectivity index (χ0v) is 44.3. The molecule has 0 aliphatic heterocycles. The minimum atomic E-state index is -0.491. The lowest BCUT2D eigenvalue weighted by Crippen LogP contribution is -2.55. The molecule has 1 unspecified atom stereocenters. The van der Waals surface area contributed by atoms with Gasteiger partial charge in [-0.15, -0.1) is 11.3 Å². The smallest absolute Gasteiger partial charge is 0.0720 e. The number of fused-ring (bicyclic) bond motifs is 15. The average molecular weight is 994 g/mol.